The monoisotopic (exact) mass is 373 g/mol. The third-order valence-electron chi connectivity index (χ3n) is 4.77. The Hall–Kier alpha value is -1.64. The molecule has 0 fully saturated rings. The second-order valence-corrected chi connectivity index (χ2v) is 7.36. The molecule has 3 nitrogen and oxygen atoms in total. The molecule has 0 aliphatic rings. The number of esters is 1. The summed E-state index contributed by atoms with van der Waals surface area (Å²) in [6, 6.07) is 3.78. The van der Waals surface area contributed by atoms with Crippen LogP contribution >= 0.6 is 0 Å². The summed E-state index contributed by atoms with van der Waals surface area (Å²) in [5, 5.41) is 0. The van der Waals surface area contributed by atoms with Crippen LogP contribution in [0.5, 0.6) is 0 Å². The third kappa shape index (κ3) is 15.1. The van der Waals surface area contributed by atoms with Crippen molar-refractivity contribution in [1.29, 1.82) is 0 Å². The summed E-state index contributed by atoms with van der Waals surface area (Å²) in [5.41, 5.74) is 0.942. The zero-order valence-electron chi connectivity index (χ0n) is 17.3. The molecular weight excluding hydrogens is 334 g/mol. The molecule has 0 unspecified atom stereocenters. The van der Waals surface area contributed by atoms with Crippen molar-refractivity contribution in [2.75, 3.05) is 0 Å². The fourth-order valence-electron chi connectivity index (χ4n) is 3.06. The molecule has 0 radical (unpaired) electrons. The van der Waals surface area contributed by atoms with Gasteiger partial charge in [-0.3, -0.25) is 9.78 Å². The van der Waals surface area contributed by atoms with Crippen LogP contribution in [0.15, 0.2) is 36.7 Å². The van der Waals surface area contributed by atoms with Crippen LogP contribution in [0.25, 0.3) is 0 Å². The Morgan fingerprint density at radius 1 is 0.926 bits per heavy atom. The van der Waals surface area contributed by atoms with E-state index in [0.29, 0.717) is 13.0 Å². The van der Waals surface area contributed by atoms with Gasteiger partial charge in [0.25, 0.3) is 0 Å². The molecule has 0 spiro atoms. The van der Waals surface area contributed by atoms with Gasteiger partial charge in [-0.15, -0.1) is 0 Å². The molecule has 1 aromatic rings. The van der Waals surface area contributed by atoms with E-state index < -0.39 is 0 Å². The predicted octanol–water partition coefficient (Wildman–Crippen LogP) is 7.16. The van der Waals surface area contributed by atoms with E-state index in [0.717, 1.165) is 18.4 Å². The normalized spacial score (nSPS) is 11.1. The molecule has 1 aromatic heterocycles. The summed E-state index contributed by atoms with van der Waals surface area (Å²) >= 11 is 0. The average molecular weight is 374 g/mol. The van der Waals surface area contributed by atoms with Gasteiger partial charge in [0.1, 0.15) is 6.61 Å². The third-order valence-corrected chi connectivity index (χ3v) is 4.77. The second-order valence-electron chi connectivity index (χ2n) is 7.36. The Bertz CT molecular complexity index is 484. The molecule has 0 N–H and O–H groups in total. The van der Waals surface area contributed by atoms with E-state index in [1.807, 2.05) is 12.1 Å². The summed E-state index contributed by atoms with van der Waals surface area (Å²) in [7, 11) is 0. The van der Waals surface area contributed by atoms with Gasteiger partial charge < -0.3 is 4.74 Å². The zero-order valence-corrected chi connectivity index (χ0v) is 17.3. The van der Waals surface area contributed by atoms with E-state index >= 15 is 0 Å². The minimum absolute atomic E-state index is 0.0969. The zero-order chi connectivity index (χ0) is 19.4. The van der Waals surface area contributed by atoms with Crippen LogP contribution < -0.4 is 0 Å². The van der Waals surface area contributed by atoms with Gasteiger partial charge in [-0.05, 0) is 38.2 Å². The Kier molecular flexibility index (Phi) is 15.4. The highest BCUT2D eigenvalue weighted by molar-refractivity contribution is 5.69. The molecule has 1 rings (SSSR count). The number of ether oxygens (including phenoxy) is 1. The van der Waals surface area contributed by atoms with E-state index in [4.69, 9.17) is 4.74 Å². The summed E-state index contributed by atoms with van der Waals surface area (Å²) in [6.07, 6.45) is 25.1. The van der Waals surface area contributed by atoms with E-state index in [-0.39, 0.29) is 5.97 Å². The summed E-state index contributed by atoms with van der Waals surface area (Å²) in [4.78, 5) is 15.7. The number of aromatic nitrogens is 1. The molecule has 27 heavy (non-hydrogen) atoms. The van der Waals surface area contributed by atoms with Gasteiger partial charge in [0.2, 0.25) is 0 Å². The maximum atomic E-state index is 11.7. The number of carbonyl (C=O) groups excluding carboxylic acids is 1. The molecule has 0 aromatic carbocycles. The lowest BCUT2D eigenvalue weighted by molar-refractivity contribution is -0.145. The number of allylic oxidation sites excluding steroid dienone is 2. The first-order valence-corrected chi connectivity index (χ1v) is 11.0. The highest BCUT2D eigenvalue weighted by atomic mass is 16.5. The second kappa shape index (κ2) is 17.8. The SMILES string of the molecule is CCCCCC/C=C\CCCCCCCCCC(=O)OCc1cccnc1. The van der Waals surface area contributed by atoms with Gasteiger partial charge in [-0.25, -0.2) is 0 Å². The van der Waals surface area contributed by atoms with E-state index in [1.165, 1.54) is 70.6 Å². The van der Waals surface area contributed by atoms with E-state index in [1.54, 1.807) is 12.4 Å². The Morgan fingerprint density at radius 3 is 2.19 bits per heavy atom. The lowest BCUT2D eigenvalue weighted by Crippen LogP contribution is -2.04. The first-order chi connectivity index (χ1) is 13.3. The molecule has 1 heterocycles. The molecular formula is C24H39NO2. The molecule has 0 atom stereocenters. The van der Waals surface area contributed by atoms with Gasteiger partial charge >= 0.3 is 5.97 Å². The summed E-state index contributed by atoms with van der Waals surface area (Å²) < 4.78 is 5.26. The van der Waals surface area contributed by atoms with Crippen molar-refractivity contribution in [1.82, 2.24) is 4.98 Å². The van der Waals surface area contributed by atoms with Crippen molar-refractivity contribution in [3.05, 3.63) is 42.2 Å². The molecule has 0 aliphatic heterocycles. The van der Waals surface area contributed by atoms with Crippen molar-refractivity contribution in [3.8, 4) is 0 Å². The van der Waals surface area contributed by atoms with Gasteiger partial charge in [-0.2, -0.15) is 0 Å². The number of hydrogen-bond donors (Lipinski definition) is 0. The molecule has 0 saturated carbocycles. The number of unbranched alkanes of at least 4 members (excludes halogenated alkanes) is 11. The average Bonchev–Trinajstić information content (AvgIpc) is 2.70. The number of pyridine rings is 1. The van der Waals surface area contributed by atoms with Crippen LogP contribution in [0.4, 0.5) is 0 Å². The maximum absolute atomic E-state index is 11.7. The Morgan fingerprint density at radius 2 is 1.56 bits per heavy atom. The summed E-state index contributed by atoms with van der Waals surface area (Å²) in [5.74, 6) is -0.0969. The highest BCUT2D eigenvalue weighted by Gasteiger charge is 2.03. The topological polar surface area (TPSA) is 39.2 Å². The number of hydrogen-bond acceptors (Lipinski definition) is 3. The van der Waals surface area contributed by atoms with Gasteiger partial charge in [-0.1, -0.05) is 76.5 Å². The standard InChI is InChI=1S/C24H39NO2/c1-2-3-4-5-6-7-8-9-10-11-12-13-14-15-16-19-24(26)27-22-23-18-17-20-25-21-23/h7-8,17-18,20-21H,2-6,9-16,19,22H2,1H3/b8-7-. The van der Waals surface area contributed by atoms with Crippen LogP contribution in [-0.2, 0) is 16.1 Å². The fourth-order valence-corrected chi connectivity index (χ4v) is 3.06. The lowest BCUT2D eigenvalue weighted by Gasteiger charge is -2.05. The largest absolute Gasteiger partial charge is 0.461 e. The predicted molar refractivity (Wildman–Crippen MR) is 113 cm³/mol. The lowest BCUT2D eigenvalue weighted by atomic mass is 10.1. The Balaban J connectivity index is 1.81. The van der Waals surface area contributed by atoms with Crippen LogP contribution in [-0.4, -0.2) is 11.0 Å². The number of nitrogens with zero attached hydrogens (tertiary/aromatic N) is 1. The smallest absolute Gasteiger partial charge is 0.306 e. The van der Waals surface area contributed by atoms with Crippen LogP contribution in [0.3, 0.4) is 0 Å². The highest BCUT2D eigenvalue weighted by Crippen LogP contribution is 2.11. The molecule has 3 heteroatoms. The molecule has 0 bridgehead atoms. The first-order valence-electron chi connectivity index (χ1n) is 11.0. The van der Waals surface area contributed by atoms with Crippen molar-refractivity contribution in [2.24, 2.45) is 0 Å². The van der Waals surface area contributed by atoms with Crippen LogP contribution in [0, 0.1) is 0 Å². The molecule has 0 amide bonds. The van der Waals surface area contributed by atoms with Crippen LogP contribution in [0.1, 0.15) is 102 Å². The van der Waals surface area contributed by atoms with E-state index in [9.17, 15) is 4.79 Å². The van der Waals surface area contributed by atoms with Gasteiger partial charge in [0.15, 0.2) is 0 Å². The number of carbonyl (C=O) groups is 1. The number of rotatable bonds is 17. The van der Waals surface area contributed by atoms with Crippen molar-refractivity contribution in [2.45, 2.75) is 103 Å². The van der Waals surface area contributed by atoms with Crippen molar-refractivity contribution >= 4 is 5.97 Å². The minimum Gasteiger partial charge on any atom is -0.461 e. The Labute approximate surface area is 166 Å². The maximum Gasteiger partial charge on any atom is 0.306 e. The molecule has 152 valence electrons. The summed E-state index contributed by atoms with van der Waals surface area (Å²) in [6.45, 7) is 2.59. The van der Waals surface area contributed by atoms with Gasteiger partial charge in [0, 0.05) is 24.4 Å². The van der Waals surface area contributed by atoms with Gasteiger partial charge in [0.05, 0.1) is 0 Å². The molecule has 0 aliphatic carbocycles. The van der Waals surface area contributed by atoms with Crippen LogP contribution in [0.2, 0.25) is 0 Å². The quantitative estimate of drug-likeness (QED) is 0.165. The first kappa shape index (κ1) is 23.4. The van der Waals surface area contributed by atoms with E-state index in [2.05, 4.69) is 24.1 Å². The van der Waals surface area contributed by atoms with Crippen molar-refractivity contribution in [3.63, 3.8) is 0 Å². The fraction of sp³-hybridized carbons (Fsp3) is 0.667. The minimum atomic E-state index is -0.0969. The molecule has 0 saturated heterocycles. The van der Waals surface area contributed by atoms with Crippen molar-refractivity contribution < 1.29 is 9.53 Å².